The van der Waals surface area contributed by atoms with Gasteiger partial charge in [0.25, 0.3) is 0 Å². The van der Waals surface area contributed by atoms with Crippen molar-refractivity contribution >= 4 is 0 Å². The van der Waals surface area contributed by atoms with E-state index in [4.69, 9.17) is 0 Å². The summed E-state index contributed by atoms with van der Waals surface area (Å²) >= 11 is 0. The lowest BCUT2D eigenvalue weighted by Crippen LogP contribution is -2.53. The molecule has 2 heteroatoms. The van der Waals surface area contributed by atoms with Crippen molar-refractivity contribution in [2.24, 2.45) is 16.7 Å². The van der Waals surface area contributed by atoms with E-state index in [1.807, 2.05) is 0 Å². The van der Waals surface area contributed by atoms with Gasteiger partial charge in [-0.15, -0.1) is 0 Å². The quantitative estimate of drug-likeness (QED) is 0.812. The summed E-state index contributed by atoms with van der Waals surface area (Å²) in [6.45, 7) is 14.5. The van der Waals surface area contributed by atoms with Crippen molar-refractivity contribution in [1.29, 1.82) is 0 Å². The van der Waals surface area contributed by atoms with Gasteiger partial charge in [-0.05, 0) is 63.6 Å². The van der Waals surface area contributed by atoms with E-state index in [1.54, 1.807) is 0 Å². The molecule has 18 heavy (non-hydrogen) atoms. The predicted octanol–water partition coefficient (Wildman–Crippen LogP) is 3.30. The summed E-state index contributed by atoms with van der Waals surface area (Å²) in [4.78, 5) is 2.49. The van der Waals surface area contributed by atoms with Crippen molar-refractivity contribution in [3.8, 4) is 0 Å². The molecule has 2 nitrogen and oxygen atoms in total. The second kappa shape index (κ2) is 4.49. The highest BCUT2D eigenvalue weighted by Crippen LogP contribution is 2.69. The maximum absolute atomic E-state index is 11.1. The molecule has 2 rings (SSSR count). The standard InChI is InChI=1S/C16H31NO/c1-6-17(7-2)11-10-16-9-8-13(12-16)14(3,4)15(16,5)18/h13,18H,6-12H2,1-5H3/t13-,15+,16-/m1/s1. The molecule has 3 atom stereocenters. The Bertz CT molecular complexity index is 306. The lowest BCUT2D eigenvalue weighted by Gasteiger charge is -2.50. The largest absolute Gasteiger partial charge is 0.389 e. The minimum Gasteiger partial charge on any atom is -0.389 e. The summed E-state index contributed by atoms with van der Waals surface area (Å²) in [5.41, 5.74) is -0.214. The number of nitrogens with zero attached hydrogens (tertiary/aromatic N) is 1. The molecule has 2 aliphatic carbocycles. The molecular weight excluding hydrogens is 222 g/mol. The van der Waals surface area contributed by atoms with Gasteiger partial charge in [-0.3, -0.25) is 0 Å². The van der Waals surface area contributed by atoms with Crippen LogP contribution in [0, 0.1) is 16.7 Å². The molecule has 2 bridgehead atoms. The van der Waals surface area contributed by atoms with Crippen LogP contribution in [0.4, 0.5) is 0 Å². The van der Waals surface area contributed by atoms with E-state index >= 15 is 0 Å². The molecule has 2 fully saturated rings. The van der Waals surface area contributed by atoms with Crippen molar-refractivity contribution in [2.75, 3.05) is 19.6 Å². The molecule has 2 aliphatic rings. The fraction of sp³-hybridized carbons (Fsp3) is 1.00. The van der Waals surface area contributed by atoms with Crippen LogP contribution in [0.25, 0.3) is 0 Å². The van der Waals surface area contributed by atoms with E-state index in [1.165, 1.54) is 25.7 Å². The minimum absolute atomic E-state index is 0.0918. The van der Waals surface area contributed by atoms with Crippen molar-refractivity contribution in [1.82, 2.24) is 4.90 Å². The van der Waals surface area contributed by atoms with Crippen LogP contribution in [0.2, 0.25) is 0 Å². The Kier molecular flexibility index (Phi) is 3.57. The van der Waals surface area contributed by atoms with Crippen LogP contribution in [-0.2, 0) is 0 Å². The maximum Gasteiger partial charge on any atom is 0.0729 e. The molecule has 0 unspecified atom stereocenters. The molecule has 0 radical (unpaired) electrons. The first kappa shape index (κ1) is 14.3. The number of hydrogen-bond acceptors (Lipinski definition) is 2. The Labute approximate surface area is 113 Å². The first-order chi connectivity index (χ1) is 8.30. The van der Waals surface area contributed by atoms with Gasteiger partial charge in [0.2, 0.25) is 0 Å². The Hall–Kier alpha value is -0.0800. The molecule has 0 spiro atoms. The molecule has 0 aromatic heterocycles. The van der Waals surface area contributed by atoms with Gasteiger partial charge in [-0.2, -0.15) is 0 Å². The lowest BCUT2D eigenvalue weighted by atomic mass is 9.59. The maximum atomic E-state index is 11.1. The van der Waals surface area contributed by atoms with Gasteiger partial charge in [-0.1, -0.05) is 27.7 Å². The van der Waals surface area contributed by atoms with E-state index in [2.05, 4.69) is 39.5 Å². The number of fused-ring (bicyclic) bond motifs is 2. The molecule has 0 aromatic carbocycles. The lowest BCUT2D eigenvalue weighted by molar-refractivity contribution is -0.139. The van der Waals surface area contributed by atoms with Gasteiger partial charge in [0.1, 0.15) is 0 Å². The van der Waals surface area contributed by atoms with Gasteiger partial charge in [0, 0.05) is 5.41 Å². The number of hydrogen-bond donors (Lipinski definition) is 1. The van der Waals surface area contributed by atoms with Crippen molar-refractivity contribution in [2.45, 2.75) is 65.9 Å². The normalized spacial score (nSPS) is 41.8. The summed E-state index contributed by atoms with van der Waals surface area (Å²) in [5.74, 6) is 0.726. The summed E-state index contributed by atoms with van der Waals surface area (Å²) in [6.07, 6.45) is 4.96. The Morgan fingerprint density at radius 3 is 2.22 bits per heavy atom. The molecule has 2 saturated carbocycles. The number of aliphatic hydroxyl groups is 1. The van der Waals surface area contributed by atoms with Crippen LogP contribution in [0.3, 0.4) is 0 Å². The summed E-state index contributed by atoms with van der Waals surface area (Å²) < 4.78 is 0. The van der Waals surface area contributed by atoms with E-state index in [0.717, 1.165) is 25.6 Å². The average molecular weight is 253 g/mol. The zero-order valence-corrected chi connectivity index (χ0v) is 12.9. The fourth-order valence-corrected chi connectivity index (χ4v) is 4.65. The highest BCUT2D eigenvalue weighted by Gasteiger charge is 2.67. The third-order valence-corrected chi connectivity index (χ3v) is 6.72. The Balaban J connectivity index is 2.12. The van der Waals surface area contributed by atoms with E-state index in [0.29, 0.717) is 0 Å². The first-order valence-corrected chi connectivity index (χ1v) is 7.75. The first-order valence-electron chi connectivity index (χ1n) is 7.75. The molecule has 1 N–H and O–H groups in total. The van der Waals surface area contributed by atoms with Crippen molar-refractivity contribution in [3.63, 3.8) is 0 Å². The summed E-state index contributed by atoms with van der Waals surface area (Å²) in [5, 5.41) is 11.1. The Morgan fingerprint density at radius 2 is 1.78 bits per heavy atom. The van der Waals surface area contributed by atoms with Crippen LogP contribution in [0.1, 0.15) is 60.3 Å². The molecule has 0 aliphatic heterocycles. The van der Waals surface area contributed by atoms with Crippen molar-refractivity contribution in [3.05, 3.63) is 0 Å². The van der Waals surface area contributed by atoms with Crippen LogP contribution in [0.15, 0.2) is 0 Å². The average Bonchev–Trinajstić information content (AvgIpc) is 2.80. The van der Waals surface area contributed by atoms with Crippen LogP contribution in [-0.4, -0.2) is 35.2 Å². The topological polar surface area (TPSA) is 23.5 Å². The van der Waals surface area contributed by atoms with Gasteiger partial charge in [-0.25, -0.2) is 0 Å². The van der Waals surface area contributed by atoms with Gasteiger partial charge in [0.15, 0.2) is 0 Å². The number of rotatable bonds is 5. The van der Waals surface area contributed by atoms with Crippen LogP contribution < -0.4 is 0 Å². The second-order valence-corrected chi connectivity index (χ2v) is 7.29. The van der Waals surface area contributed by atoms with Gasteiger partial charge in [0.05, 0.1) is 5.60 Å². The van der Waals surface area contributed by atoms with Crippen LogP contribution >= 0.6 is 0 Å². The van der Waals surface area contributed by atoms with Gasteiger partial charge >= 0.3 is 0 Å². The zero-order chi connectivity index (χ0) is 13.6. The van der Waals surface area contributed by atoms with E-state index in [-0.39, 0.29) is 10.8 Å². The van der Waals surface area contributed by atoms with Gasteiger partial charge < -0.3 is 10.0 Å². The SMILES string of the molecule is CCN(CC)CC[C@]12CC[C@H](C1)C(C)(C)[C@]2(C)O. The second-order valence-electron chi connectivity index (χ2n) is 7.29. The smallest absolute Gasteiger partial charge is 0.0729 e. The predicted molar refractivity (Wildman–Crippen MR) is 76.6 cm³/mol. The molecule has 106 valence electrons. The fourth-order valence-electron chi connectivity index (χ4n) is 4.65. The zero-order valence-electron chi connectivity index (χ0n) is 12.9. The monoisotopic (exact) mass is 253 g/mol. The van der Waals surface area contributed by atoms with Crippen LogP contribution in [0.5, 0.6) is 0 Å². The molecule has 0 amide bonds. The highest BCUT2D eigenvalue weighted by atomic mass is 16.3. The van der Waals surface area contributed by atoms with Crippen molar-refractivity contribution < 1.29 is 5.11 Å². The highest BCUT2D eigenvalue weighted by molar-refractivity contribution is 5.17. The third kappa shape index (κ3) is 1.76. The molecular formula is C16H31NO. The summed E-state index contributed by atoms with van der Waals surface area (Å²) in [6, 6.07) is 0. The molecule has 0 aromatic rings. The molecule has 0 saturated heterocycles. The third-order valence-electron chi connectivity index (χ3n) is 6.72. The van der Waals surface area contributed by atoms with E-state index < -0.39 is 5.60 Å². The molecule has 0 heterocycles. The minimum atomic E-state index is -0.490. The summed E-state index contributed by atoms with van der Waals surface area (Å²) in [7, 11) is 0. The Morgan fingerprint density at radius 1 is 1.17 bits per heavy atom. The van der Waals surface area contributed by atoms with E-state index in [9.17, 15) is 5.11 Å².